The Morgan fingerprint density at radius 1 is 1.27 bits per heavy atom. The molecule has 1 N–H and O–H groups in total. The minimum atomic E-state index is 0.456. The highest BCUT2D eigenvalue weighted by Gasteiger charge is 2.30. The lowest BCUT2D eigenvalue weighted by Gasteiger charge is -2.39. The van der Waals surface area contributed by atoms with Gasteiger partial charge in [0.1, 0.15) is 0 Å². The first-order chi connectivity index (χ1) is 7.29. The van der Waals surface area contributed by atoms with Crippen molar-refractivity contribution in [2.75, 3.05) is 12.3 Å². The van der Waals surface area contributed by atoms with Gasteiger partial charge in [-0.1, -0.05) is 18.2 Å². The maximum Gasteiger partial charge on any atom is 0.0153 e. The van der Waals surface area contributed by atoms with E-state index in [1.807, 2.05) is 11.8 Å². The first-order valence-electron chi connectivity index (χ1n) is 5.71. The molecule has 0 atom stereocenters. The lowest BCUT2D eigenvalue weighted by molar-refractivity contribution is 0.214. The van der Waals surface area contributed by atoms with E-state index in [2.05, 4.69) is 42.6 Å². The number of benzene rings is 1. The molecule has 82 valence electrons. The first kappa shape index (κ1) is 11.0. The average molecular weight is 221 g/mol. The number of hydrogen-bond acceptors (Lipinski definition) is 2. The molecular formula is C13H19NS. The fraction of sp³-hybridized carbons (Fsp3) is 0.538. The minimum absolute atomic E-state index is 0.456. The van der Waals surface area contributed by atoms with Gasteiger partial charge in [-0.3, -0.25) is 0 Å². The van der Waals surface area contributed by atoms with Gasteiger partial charge in [-0.2, -0.15) is 0 Å². The van der Waals surface area contributed by atoms with Gasteiger partial charge in [-0.25, -0.2) is 0 Å². The van der Waals surface area contributed by atoms with E-state index in [0.717, 1.165) is 6.54 Å². The van der Waals surface area contributed by atoms with Gasteiger partial charge in [0.15, 0.2) is 0 Å². The second kappa shape index (κ2) is 5.04. The predicted molar refractivity (Wildman–Crippen MR) is 67.4 cm³/mol. The van der Waals surface area contributed by atoms with Crippen LogP contribution in [0.3, 0.4) is 0 Å². The van der Waals surface area contributed by atoms with Gasteiger partial charge in [0.25, 0.3) is 0 Å². The lowest BCUT2D eigenvalue weighted by atomic mass is 9.79. The van der Waals surface area contributed by atoms with Crippen LogP contribution in [0.2, 0.25) is 0 Å². The van der Waals surface area contributed by atoms with E-state index in [0.29, 0.717) is 5.54 Å². The molecule has 0 aliphatic heterocycles. The lowest BCUT2D eigenvalue weighted by Crippen LogP contribution is -2.48. The molecule has 1 aliphatic rings. The van der Waals surface area contributed by atoms with Crippen LogP contribution in [0.5, 0.6) is 0 Å². The minimum Gasteiger partial charge on any atom is -0.311 e. The van der Waals surface area contributed by atoms with E-state index in [4.69, 9.17) is 0 Å². The summed E-state index contributed by atoms with van der Waals surface area (Å²) in [5.74, 6) is 1.17. The molecule has 0 saturated heterocycles. The van der Waals surface area contributed by atoms with Crippen LogP contribution in [0.4, 0.5) is 0 Å². The third-order valence-corrected chi connectivity index (χ3v) is 4.14. The van der Waals surface area contributed by atoms with Crippen LogP contribution in [0.25, 0.3) is 0 Å². The highest BCUT2D eigenvalue weighted by Crippen LogP contribution is 2.30. The van der Waals surface area contributed by atoms with Crippen LogP contribution >= 0.6 is 11.8 Å². The van der Waals surface area contributed by atoms with Gasteiger partial charge in [0, 0.05) is 22.7 Å². The summed E-state index contributed by atoms with van der Waals surface area (Å²) in [5, 5.41) is 3.64. The molecule has 2 rings (SSSR count). The molecule has 0 unspecified atom stereocenters. The first-order valence-corrected chi connectivity index (χ1v) is 6.70. The van der Waals surface area contributed by atoms with Gasteiger partial charge in [0.2, 0.25) is 0 Å². The van der Waals surface area contributed by atoms with Crippen LogP contribution in [0, 0.1) is 0 Å². The van der Waals surface area contributed by atoms with E-state index in [1.165, 1.54) is 29.9 Å². The number of rotatable bonds is 5. The maximum absolute atomic E-state index is 3.64. The van der Waals surface area contributed by atoms with Crippen molar-refractivity contribution in [1.29, 1.82) is 0 Å². The van der Waals surface area contributed by atoms with Gasteiger partial charge < -0.3 is 5.32 Å². The second-order valence-corrected chi connectivity index (χ2v) is 5.67. The van der Waals surface area contributed by atoms with Gasteiger partial charge in [-0.15, -0.1) is 11.8 Å². The largest absolute Gasteiger partial charge is 0.311 e. The molecule has 0 spiro atoms. The Hall–Kier alpha value is -0.470. The van der Waals surface area contributed by atoms with Crippen molar-refractivity contribution < 1.29 is 0 Å². The van der Waals surface area contributed by atoms with E-state index in [1.54, 1.807) is 0 Å². The van der Waals surface area contributed by atoms with E-state index >= 15 is 0 Å². The molecule has 0 radical (unpaired) electrons. The molecule has 0 heterocycles. The van der Waals surface area contributed by atoms with Crippen LogP contribution in [0.1, 0.15) is 26.2 Å². The van der Waals surface area contributed by atoms with Crippen molar-refractivity contribution in [2.24, 2.45) is 0 Å². The van der Waals surface area contributed by atoms with Gasteiger partial charge in [0.05, 0.1) is 0 Å². The maximum atomic E-state index is 3.64. The number of hydrogen-bond donors (Lipinski definition) is 1. The zero-order valence-electron chi connectivity index (χ0n) is 9.33. The third kappa shape index (κ3) is 3.25. The Labute approximate surface area is 96.7 Å². The quantitative estimate of drug-likeness (QED) is 0.605. The highest BCUT2D eigenvalue weighted by atomic mass is 32.2. The Balaban J connectivity index is 1.63. The van der Waals surface area contributed by atoms with Gasteiger partial charge >= 0.3 is 0 Å². The summed E-state index contributed by atoms with van der Waals surface area (Å²) < 4.78 is 0. The van der Waals surface area contributed by atoms with Gasteiger partial charge in [-0.05, 0) is 38.3 Å². The molecule has 1 aliphatic carbocycles. The smallest absolute Gasteiger partial charge is 0.0153 e. The summed E-state index contributed by atoms with van der Waals surface area (Å²) >= 11 is 1.93. The fourth-order valence-corrected chi connectivity index (χ4v) is 2.71. The van der Waals surface area contributed by atoms with Crippen LogP contribution in [-0.4, -0.2) is 17.8 Å². The molecule has 1 nitrogen and oxygen atoms in total. The van der Waals surface area contributed by atoms with Crippen molar-refractivity contribution in [3.63, 3.8) is 0 Å². The van der Waals surface area contributed by atoms with Crippen molar-refractivity contribution in [3.8, 4) is 0 Å². The van der Waals surface area contributed by atoms with Crippen molar-refractivity contribution in [3.05, 3.63) is 30.3 Å². The predicted octanol–water partition coefficient (Wildman–Crippen LogP) is 3.31. The van der Waals surface area contributed by atoms with Crippen molar-refractivity contribution in [1.82, 2.24) is 5.32 Å². The molecular weight excluding hydrogens is 202 g/mol. The average Bonchev–Trinajstić information content (AvgIpc) is 2.23. The molecule has 1 saturated carbocycles. The molecule has 2 heteroatoms. The summed E-state index contributed by atoms with van der Waals surface area (Å²) in [6.07, 6.45) is 4.10. The topological polar surface area (TPSA) is 12.0 Å². The van der Waals surface area contributed by atoms with Crippen LogP contribution in [0.15, 0.2) is 35.2 Å². The highest BCUT2D eigenvalue weighted by molar-refractivity contribution is 7.99. The van der Waals surface area contributed by atoms with E-state index in [-0.39, 0.29) is 0 Å². The summed E-state index contributed by atoms with van der Waals surface area (Å²) in [5.41, 5.74) is 0.456. The number of thioether (sulfide) groups is 1. The Bertz CT molecular complexity index is 293. The molecule has 1 aromatic rings. The monoisotopic (exact) mass is 221 g/mol. The Kier molecular flexibility index (Phi) is 3.71. The second-order valence-electron chi connectivity index (χ2n) is 4.50. The molecule has 0 bridgehead atoms. The number of nitrogens with one attached hydrogen (secondary N) is 1. The SMILES string of the molecule is CC1(NCCSc2ccccc2)CCC1. The van der Waals surface area contributed by atoms with Crippen LogP contribution < -0.4 is 5.32 Å². The Morgan fingerprint density at radius 2 is 2.00 bits per heavy atom. The van der Waals surface area contributed by atoms with Crippen LogP contribution in [-0.2, 0) is 0 Å². The summed E-state index contributed by atoms with van der Waals surface area (Å²) in [6.45, 7) is 3.46. The Morgan fingerprint density at radius 3 is 2.60 bits per heavy atom. The summed E-state index contributed by atoms with van der Waals surface area (Å²) in [6, 6.07) is 10.6. The molecule has 0 amide bonds. The van der Waals surface area contributed by atoms with E-state index in [9.17, 15) is 0 Å². The zero-order valence-corrected chi connectivity index (χ0v) is 10.1. The fourth-order valence-electron chi connectivity index (χ4n) is 1.92. The molecule has 1 aromatic carbocycles. The summed E-state index contributed by atoms with van der Waals surface area (Å²) in [7, 11) is 0. The normalized spacial score (nSPS) is 18.5. The molecule has 1 fully saturated rings. The zero-order chi connectivity index (χ0) is 10.6. The van der Waals surface area contributed by atoms with E-state index < -0.39 is 0 Å². The molecule has 0 aromatic heterocycles. The van der Waals surface area contributed by atoms with Crippen molar-refractivity contribution >= 4 is 11.8 Å². The van der Waals surface area contributed by atoms with Crippen molar-refractivity contribution in [2.45, 2.75) is 36.6 Å². The standard InChI is InChI=1S/C13H19NS/c1-13(8-5-9-13)14-10-11-15-12-6-3-2-4-7-12/h2-4,6-7,14H,5,8-11H2,1H3. The third-order valence-electron chi connectivity index (χ3n) is 3.12. The summed E-state index contributed by atoms with van der Waals surface area (Å²) in [4.78, 5) is 1.37. The molecule has 15 heavy (non-hydrogen) atoms.